The van der Waals surface area contributed by atoms with E-state index < -0.39 is 0 Å². The Balaban J connectivity index is 1.57. The van der Waals surface area contributed by atoms with Crippen molar-refractivity contribution in [2.45, 2.75) is 37.4 Å². The number of benzene rings is 1. The first-order valence-corrected chi connectivity index (χ1v) is 10.5. The van der Waals surface area contributed by atoms with E-state index in [2.05, 4.69) is 38.0 Å². The normalized spacial score (nSPS) is 18.0. The fraction of sp³-hybridized carbons (Fsp3) is 0.444. The maximum absolute atomic E-state index is 12.5. The van der Waals surface area contributed by atoms with Gasteiger partial charge < -0.3 is 9.47 Å². The molecule has 1 aliphatic heterocycles. The molecule has 2 aromatic heterocycles. The maximum atomic E-state index is 12.5. The molecule has 8 heteroatoms. The topological polar surface area (TPSA) is 63.9 Å². The summed E-state index contributed by atoms with van der Waals surface area (Å²) >= 11 is 4.86. The first-order valence-electron chi connectivity index (χ1n) is 8.75. The molecular weight excluding hydrogens is 414 g/mol. The second kappa shape index (κ2) is 7.15. The molecule has 0 bridgehead atoms. The highest BCUT2D eigenvalue weighted by Gasteiger charge is 2.23. The fourth-order valence-corrected chi connectivity index (χ4v) is 4.58. The van der Waals surface area contributed by atoms with Gasteiger partial charge in [0.15, 0.2) is 5.65 Å². The molecule has 0 N–H and O–H groups in total. The number of hydrogen-bond donors (Lipinski definition) is 0. The van der Waals surface area contributed by atoms with Crippen molar-refractivity contribution in [3.8, 4) is 0 Å². The SMILES string of the molecule is C[C@H]1CCCCN1C(=O)CSc1nnc2c3cc(Br)ccc3n(C)c2n1. The minimum absolute atomic E-state index is 0.159. The van der Waals surface area contributed by atoms with Crippen LogP contribution in [0.15, 0.2) is 27.8 Å². The average molecular weight is 434 g/mol. The second-order valence-corrected chi connectivity index (χ2v) is 8.57. The Morgan fingerprint density at radius 3 is 3.00 bits per heavy atom. The third-order valence-electron chi connectivity index (χ3n) is 4.99. The van der Waals surface area contributed by atoms with E-state index in [0.29, 0.717) is 17.0 Å². The van der Waals surface area contributed by atoms with Crippen LogP contribution in [0.1, 0.15) is 26.2 Å². The highest BCUT2D eigenvalue weighted by Crippen LogP contribution is 2.29. The van der Waals surface area contributed by atoms with Gasteiger partial charge in [-0.15, -0.1) is 10.2 Å². The lowest BCUT2D eigenvalue weighted by molar-refractivity contribution is -0.131. The molecule has 26 heavy (non-hydrogen) atoms. The summed E-state index contributed by atoms with van der Waals surface area (Å²) in [4.78, 5) is 19.1. The molecule has 0 radical (unpaired) electrons. The molecule has 0 spiro atoms. The number of hydrogen-bond acceptors (Lipinski definition) is 5. The third-order valence-corrected chi connectivity index (χ3v) is 6.31. The molecule has 1 aromatic carbocycles. The average Bonchev–Trinajstić information content (AvgIpc) is 2.91. The first kappa shape index (κ1) is 17.7. The molecule has 3 heterocycles. The molecule has 6 nitrogen and oxygen atoms in total. The molecule has 1 atom stereocenters. The van der Waals surface area contributed by atoms with Crippen molar-refractivity contribution in [2.24, 2.45) is 7.05 Å². The number of nitrogens with zero attached hydrogens (tertiary/aromatic N) is 5. The standard InChI is InChI=1S/C18H20BrN5OS/c1-11-5-3-4-8-24(11)15(25)10-26-18-20-17-16(21-22-18)13-9-12(19)6-7-14(13)23(17)2/h6-7,9,11H,3-5,8,10H2,1-2H3/t11-/m0/s1. The molecule has 4 rings (SSSR count). The van der Waals surface area contributed by atoms with Gasteiger partial charge in [0, 0.05) is 29.5 Å². The Hall–Kier alpha value is -1.67. The Morgan fingerprint density at radius 2 is 2.19 bits per heavy atom. The van der Waals surface area contributed by atoms with Crippen molar-refractivity contribution in [1.29, 1.82) is 0 Å². The lowest BCUT2D eigenvalue weighted by Crippen LogP contribution is -2.42. The van der Waals surface area contributed by atoms with Gasteiger partial charge in [-0.3, -0.25) is 4.79 Å². The highest BCUT2D eigenvalue weighted by molar-refractivity contribution is 9.10. The minimum atomic E-state index is 0.159. The molecule has 0 saturated carbocycles. The summed E-state index contributed by atoms with van der Waals surface area (Å²) in [6, 6.07) is 6.40. The number of piperidine rings is 1. The number of thioether (sulfide) groups is 1. The third kappa shape index (κ3) is 3.20. The number of likely N-dealkylation sites (tertiary alicyclic amines) is 1. The van der Waals surface area contributed by atoms with Crippen LogP contribution < -0.4 is 0 Å². The van der Waals surface area contributed by atoms with Crippen molar-refractivity contribution >= 4 is 55.7 Å². The monoisotopic (exact) mass is 433 g/mol. The lowest BCUT2D eigenvalue weighted by atomic mass is 10.0. The van der Waals surface area contributed by atoms with E-state index in [1.807, 2.05) is 34.7 Å². The van der Waals surface area contributed by atoms with Crippen LogP contribution in [-0.2, 0) is 11.8 Å². The van der Waals surface area contributed by atoms with Crippen LogP contribution in [-0.4, -0.2) is 48.9 Å². The summed E-state index contributed by atoms with van der Waals surface area (Å²) in [5.41, 5.74) is 2.63. The van der Waals surface area contributed by atoms with Crippen molar-refractivity contribution in [3.63, 3.8) is 0 Å². The van der Waals surface area contributed by atoms with E-state index in [1.165, 1.54) is 18.2 Å². The molecule has 0 unspecified atom stereocenters. The molecule has 1 amide bonds. The largest absolute Gasteiger partial charge is 0.339 e. The Kier molecular flexibility index (Phi) is 4.88. The zero-order valence-electron chi connectivity index (χ0n) is 14.8. The number of aromatic nitrogens is 4. The summed E-state index contributed by atoms with van der Waals surface area (Å²) in [7, 11) is 1.97. The van der Waals surface area contributed by atoms with Crippen LogP contribution >= 0.6 is 27.7 Å². The van der Waals surface area contributed by atoms with Gasteiger partial charge in [0.2, 0.25) is 11.1 Å². The molecular formula is C18H20BrN5OS. The Morgan fingerprint density at radius 1 is 1.35 bits per heavy atom. The van der Waals surface area contributed by atoms with E-state index in [-0.39, 0.29) is 5.91 Å². The van der Waals surface area contributed by atoms with Gasteiger partial charge in [-0.1, -0.05) is 27.7 Å². The number of amides is 1. The van der Waals surface area contributed by atoms with E-state index in [4.69, 9.17) is 0 Å². The van der Waals surface area contributed by atoms with Crippen LogP contribution in [0.25, 0.3) is 22.1 Å². The molecule has 3 aromatic rings. The van der Waals surface area contributed by atoms with Gasteiger partial charge in [-0.2, -0.15) is 0 Å². The van der Waals surface area contributed by atoms with E-state index in [1.54, 1.807) is 0 Å². The summed E-state index contributed by atoms with van der Waals surface area (Å²) < 4.78 is 3.02. The highest BCUT2D eigenvalue weighted by atomic mass is 79.9. The zero-order valence-corrected chi connectivity index (χ0v) is 17.2. The number of carbonyl (C=O) groups is 1. The predicted octanol–water partition coefficient (Wildman–Crippen LogP) is 3.77. The zero-order chi connectivity index (χ0) is 18.3. The summed E-state index contributed by atoms with van der Waals surface area (Å²) in [5, 5.41) is 10.2. The van der Waals surface area contributed by atoms with Crippen molar-refractivity contribution in [2.75, 3.05) is 12.3 Å². The van der Waals surface area contributed by atoms with Crippen molar-refractivity contribution in [3.05, 3.63) is 22.7 Å². The number of halogens is 1. The summed E-state index contributed by atoms with van der Waals surface area (Å²) in [6.45, 7) is 2.98. The number of carbonyl (C=O) groups excluding carboxylic acids is 1. The van der Waals surface area contributed by atoms with Gasteiger partial charge in [0.05, 0.1) is 11.3 Å². The van der Waals surface area contributed by atoms with Gasteiger partial charge in [-0.25, -0.2) is 4.98 Å². The molecule has 1 saturated heterocycles. The van der Waals surface area contributed by atoms with E-state index >= 15 is 0 Å². The van der Waals surface area contributed by atoms with Crippen LogP contribution in [0, 0.1) is 0 Å². The molecule has 1 aliphatic rings. The van der Waals surface area contributed by atoms with Gasteiger partial charge in [-0.05, 0) is 44.4 Å². The number of rotatable bonds is 3. The van der Waals surface area contributed by atoms with Gasteiger partial charge in [0.1, 0.15) is 5.52 Å². The quantitative estimate of drug-likeness (QED) is 0.588. The molecule has 1 fully saturated rings. The maximum Gasteiger partial charge on any atom is 0.233 e. The first-order chi connectivity index (χ1) is 12.5. The van der Waals surface area contributed by atoms with E-state index in [9.17, 15) is 4.79 Å². The summed E-state index contributed by atoms with van der Waals surface area (Å²) in [5.74, 6) is 0.513. The van der Waals surface area contributed by atoms with Crippen LogP contribution in [0.5, 0.6) is 0 Å². The Labute approximate surface area is 164 Å². The minimum Gasteiger partial charge on any atom is -0.339 e. The van der Waals surface area contributed by atoms with Gasteiger partial charge in [0.25, 0.3) is 0 Å². The van der Waals surface area contributed by atoms with Gasteiger partial charge >= 0.3 is 0 Å². The summed E-state index contributed by atoms with van der Waals surface area (Å²) in [6.07, 6.45) is 3.39. The number of aryl methyl sites for hydroxylation is 1. The number of fused-ring (bicyclic) bond motifs is 3. The Bertz CT molecular complexity index is 989. The van der Waals surface area contributed by atoms with Crippen LogP contribution in [0.4, 0.5) is 0 Å². The van der Waals surface area contributed by atoms with Crippen molar-refractivity contribution < 1.29 is 4.79 Å². The lowest BCUT2D eigenvalue weighted by Gasteiger charge is -2.33. The predicted molar refractivity (Wildman–Crippen MR) is 107 cm³/mol. The van der Waals surface area contributed by atoms with Crippen LogP contribution in [0.3, 0.4) is 0 Å². The molecule has 136 valence electrons. The van der Waals surface area contributed by atoms with Crippen molar-refractivity contribution in [1.82, 2.24) is 24.6 Å². The fourth-order valence-electron chi connectivity index (χ4n) is 3.56. The second-order valence-electron chi connectivity index (χ2n) is 6.71. The smallest absolute Gasteiger partial charge is 0.233 e. The van der Waals surface area contributed by atoms with Crippen LogP contribution in [0.2, 0.25) is 0 Å². The van der Waals surface area contributed by atoms with E-state index in [0.717, 1.165) is 45.9 Å². The molecule has 0 aliphatic carbocycles.